The molecule has 1 saturated heterocycles. The molecule has 0 spiro atoms. The summed E-state index contributed by atoms with van der Waals surface area (Å²) in [5.41, 5.74) is 1.06. The molecule has 2 amide bonds. The second-order valence-electron chi connectivity index (χ2n) is 5.06. The summed E-state index contributed by atoms with van der Waals surface area (Å²) < 4.78 is 1.02. The predicted molar refractivity (Wildman–Crippen MR) is 77.7 cm³/mol. The Morgan fingerprint density at radius 2 is 2.16 bits per heavy atom. The van der Waals surface area contributed by atoms with Crippen LogP contribution in [0.4, 0.5) is 4.79 Å². The highest BCUT2D eigenvalue weighted by molar-refractivity contribution is 9.10. The molecule has 0 radical (unpaired) electrons. The smallest absolute Gasteiger partial charge is 0.317 e. The maximum atomic E-state index is 12.0. The third-order valence-corrected chi connectivity index (χ3v) is 4.09. The first-order valence-electron chi connectivity index (χ1n) is 6.51. The van der Waals surface area contributed by atoms with Gasteiger partial charge in [0.05, 0.1) is 6.10 Å². The van der Waals surface area contributed by atoms with Gasteiger partial charge in [-0.1, -0.05) is 35.0 Å². The van der Waals surface area contributed by atoms with Gasteiger partial charge in [0, 0.05) is 24.1 Å². The molecule has 1 aliphatic rings. The maximum absolute atomic E-state index is 12.0. The molecule has 1 aromatic rings. The zero-order chi connectivity index (χ0) is 13.8. The van der Waals surface area contributed by atoms with E-state index in [1.54, 1.807) is 4.90 Å². The highest BCUT2D eigenvalue weighted by Crippen LogP contribution is 2.17. The average Bonchev–Trinajstić information content (AvgIpc) is 2.41. The Labute approximate surface area is 121 Å². The number of carbonyl (C=O) groups is 1. The molecule has 0 saturated carbocycles. The van der Waals surface area contributed by atoms with Gasteiger partial charge in [-0.15, -0.1) is 0 Å². The van der Waals surface area contributed by atoms with Crippen LogP contribution >= 0.6 is 15.9 Å². The number of carbonyl (C=O) groups excluding carboxylic acids is 1. The van der Waals surface area contributed by atoms with Gasteiger partial charge < -0.3 is 15.3 Å². The first-order chi connectivity index (χ1) is 9.06. The predicted octanol–water partition coefficient (Wildman–Crippen LogP) is 2.36. The van der Waals surface area contributed by atoms with Crippen molar-refractivity contribution in [2.24, 2.45) is 5.92 Å². The summed E-state index contributed by atoms with van der Waals surface area (Å²) in [6, 6.07) is 7.74. The van der Waals surface area contributed by atoms with Crippen LogP contribution < -0.4 is 5.32 Å². The molecule has 0 unspecified atom stereocenters. The summed E-state index contributed by atoms with van der Waals surface area (Å²) in [4.78, 5) is 13.7. The number of hydrogen-bond acceptors (Lipinski definition) is 2. The number of benzene rings is 1. The molecule has 0 aromatic heterocycles. The molecule has 19 heavy (non-hydrogen) atoms. The molecule has 5 heteroatoms. The van der Waals surface area contributed by atoms with Crippen LogP contribution in [0.2, 0.25) is 0 Å². The zero-order valence-electron chi connectivity index (χ0n) is 11.0. The van der Waals surface area contributed by atoms with Crippen molar-refractivity contribution >= 4 is 22.0 Å². The first-order valence-corrected chi connectivity index (χ1v) is 7.31. The Morgan fingerprint density at radius 3 is 2.79 bits per heavy atom. The molecule has 1 fully saturated rings. The quantitative estimate of drug-likeness (QED) is 0.876. The topological polar surface area (TPSA) is 52.6 Å². The van der Waals surface area contributed by atoms with Gasteiger partial charge in [-0.3, -0.25) is 0 Å². The van der Waals surface area contributed by atoms with E-state index in [4.69, 9.17) is 0 Å². The summed E-state index contributed by atoms with van der Waals surface area (Å²) in [5.74, 6) is 0.274. The van der Waals surface area contributed by atoms with Crippen molar-refractivity contribution in [2.75, 3.05) is 13.1 Å². The number of nitrogens with one attached hydrogen (secondary N) is 1. The van der Waals surface area contributed by atoms with Crippen molar-refractivity contribution < 1.29 is 9.90 Å². The van der Waals surface area contributed by atoms with E-state index in [-0.39, 0.29) is 11.9 Å². The van der Waals surface area contributed by atoms with E-state index in [0.717, 1.165) is 16.5 Å². The van der Waals surface area contributed by atoms with Gasteiger partial charge >= 0.3 is 6.03 Å². The van der Waals surface area contributed by atoms with Crippen LogP contribution in [0.15, 0.2) is 28.7 Å². The molecule has 4 nitrogen and oxygen atoms in total. The van der Waals surface area contributed by atoms with Crippen molar-refractivity contribution in [3.05, 3.63) is 34.3 Å². The summed E-state index contributed by atoms with van der Waals surface area (Å²) >= 11 is 3.38. The lowest BCUT2D eigenvalue weighted by Gasteiger charge is -2.34. The zero-order valence-corrected chi connectivity index (χ0v) is 12.6. The molecule has 0 aliphatic carbocycles. The van der Waals surface area contributed by atoms with Crippen LogP contribution in [0, 0.1) is 5.92 Å². The van der Waals surface area contributed by atoms with Crippen LogP contribution in [-0.4, -0.2) is 35.2 Å². The van der Waals surface area contributed by atoms with Crippen LogP contribution in [0.5, 0.6) is 0 Å². The van der Waals surface area contributed by atoms with Gasteiger partial charge in [0.2, 0.25) is 0 Å². The molecule has 2 atom stereocenters. The SMILES string of the molecule is C[C@@H]1CCN(C(=O)NCc2ccc(Br)cc2)C[C@@H]1O. The molecule has 104 valence electrons. The number of β-amino-alcohol motifs (C(OH)–C–C–N with tert-alkyl or cyclic N) is 1. The van der Waals surface area contributed by atoms with E-state index in [9.17, 15) is 9.90 Å². The number of nitrogens with zero attached hydrogens (tertiary/aromatic N) is 1. The minimum Gasteiger partial charge on any atom is -0.391 e. The molecule has 2 rings (SSSR count). The van der Waals surface area contributed by atoms with Crippen molar-refractivity contribution in [3.63, 3.8) is 0 Å². The summed E-state index contributed by atoms with van der Waals surface area (Å²) in [6.45, 7) is 3.66. The minimum absolute atomic E-state index is 0.103. The molecular weight excluding hydrogens is 308 g/mol. The number of halogens is 1. The fourth-order valence-corrected chi connectivity index (χ4v) is 2.39. The number of amides is 2. The first kappa shape index (κ1) is 14.3. The number of hydrogen-bond donors (Lipinski definition) is 2. The van der Waals surface area contributed by atoms with E-state index in [0.29, 0.717) is 19.6 Å². The van der Waals surface area contributed by atoms with Crippen molar-refractivity contribution in [1.82, 2.24) is 10.2 Å². The largest absolute Gasteiger partial charge is 0.391 e. The van der Waals surface area contributed by atoms with Crippen molar-refractivity contribution in [3.8, 4) is 0 Å². The normalized spacial score (nSPS) is 23.2. The van der Waals surface area contributed by atoms with Crippen LogP contribution in [0.3, 0.4) is 0 Å². The third kappa shape index (κ3) is 3.94. The standard InChI is InChI=1S/C14H19BrN2O2/c1-10-6-7-17(9-13(10)18)14(19)16-8-11-2-4-12(15)5-3-11/h2-5,10,13,18H,6-9H2,1H3,(H,16,19)/t10-,13+/m1/s1. The summed E-state index contributed by atoms with van der Waals surface area (Å²) in [5, 5.41) is 12.7. The number of likely N-dealkylation sites (tertiary alicyclic amines) is 1. The fraction of sp³-hybridized carbons (Fsp3) is 0.500. The van der Waals surface area contributed by atoms with E-state index >= 15 is 0 Å². The number of piperidine rings is 1. The summed E-state index contributed by atoms with van der Waals surface area (Å²) in [6.07, 6.45) is 0.444. The van der Waals surface area contributed by atoms with Crippen LogP contribution in [-0.2, 0) is 6.54 Å². The second kappa shape index (κ2) is 6.39. The average molecular weight is 327 g/mol. The number of urea groups is 1. The van der Waals surface area contributed by atoms with Crippen molar-refractivity contribution in [2.45, 2.75) is 26.0 Å². The van der Waals surface area contributed by atoms with Crippen molar-refractivity contribution in [1.29, 1.82) is 0 Å². The Balaban J connectivity index is 1.83. The molecule has 1 aliphatic heterocycles. The van der Waals surface area contributed by atoms with E-state index in [1.165, 1.54) is 0 Å². The maximum Gasteiger partial charge on any atom is 0.317 e. The molecule has 0 bridgehead atoms. The van der Waals surface area contributed by atoms with Crippen LogP contribution in [0.1, 0.15) is 18.9 Å². The van der Waals surface area contributed by atoms with Gasteiger partial charge in [-0.2, -0.15) is 0 Å². The van der Waals surface area contributed by atoms with Gasteiger partial charge in [0.25, 0.3) is 0 Å². The Hall–Kier alpha value is -1.07. The Morgan fingerprint density at radius 1 is 1.47 bits per heavy atom. The fourth-order valence-electron chi connectivity index (χ4n) is 2.13. The molecular formula is C14H19BrN2O2. The lowest BCUT2D eigenvalue weighted by Crippen LogP contribution is -2.49. The van der Waals surface area contributed by atoms with E-state index in [1.807, 2.05) is 31.2 Å². The monoisotopic (exact) mass is 326 g/mol. The number of rotatable bonds is 2. The van der Waals surface area contributed by atoms with Gasteiger partial charge in [0.15, 0.2) is 0 Å². The number of aliphatic hydroxyl groups is 1. The molecule has 1 aromatic carbocycles. The Kier molecular flexibility index (Phi) is 4.82. The molecule has 2 N–H and O–H groups in total. The lowest BCUT2D eigenvalue weighted by molar-refractivity contribution is 0.0435. The van der Waals surface area contributed by atoms with E-state index < -0.39 is 6.10 Å². The lowest BCUT2D eigenvalue weighted by atomic mass is 9.96. The molecule has 1 heterocycles. The van der Waals surface area contributed by atoms with Gasteiger partial charge in [-0.05, 0) is 30.0 Å². The van der Waals surface area contributed by atoms with Crippen LogP contribution in [0.25, 0.3) is 0 Å². The highest BCUT2D eigenvalue weighted by atomic mass is 79.9. The third-order valence-electron chi connectivity index (χ3n) is 3.56. The van der Waals surface area contributed by atoms with Gasteiger partial charge in [0.1, 0.15) is 0 Å². The van der Waals surface area contributed by atoms with Gasteiger partial charge in [-0.25, -0.2) is 4.79 Å². The number of aliphatic hydroxyl groups excluding tert-OH is 1. The van der Waals surface area contributed by atoms with E-state index in [2.05, 4.69) is 21.2 Å². The second-order valence-corrected chi connectivity index (χ2v) is 5.98. The summed E-state index contributed by atoms with van der Waals surface area (Å²) in [7, 11) is 0. The minimum atomic E-state index is -0.410. The Bertz CT molecular complexity index is 436. The highest BCUT2D eigenvalue weighted by Gasteiger charge is 2.26.